The predicted octanol–water partition coefficient (Wildman–Crippen LogP) is 5.95. The van der Waals surface area contributed by atoms with Crippen molar-refractivity contribution in [3.05, 3.63) is 105 Å². The number of aromatic hydroxyl groups is 3. The molecule has 0 spiro atoms. The third-order valence-corrected chi connectivity index (χ3v) is 7.02. The number of hydrogen-bond acceptors (Lipinski definition) is 7. The van der Waals surface area contributed by atoms with Gasteiger partial charge >= 0.3 is 5.97 Å². The molecule has 0 saturated carbocycles. The van der Waals surface area contributed by atoms with E-state index in [1.807, 2.05) is 42.5 Å². The molecule has 2 aromatic heterocycles. The van der Waals surface area contributed by atoms with Gasteiger partial charge in [0.05, 0.1) is 17.7 Å². The highest BCUT2D eigenvalue weighted by molar-refractivity contribution is 6.31. The van der Waals surface area contributed by atoms with Crippen LogP contribution in [0.4, 0.5) is 0 Å². The average Bonchev–Trinajstić information content (AvgIpc) is 3.28. The summed E-state index contributed by atoms with van der Waals surface area (Å²) in [7, 11) is 0. The maximum absolute atomic E-state index is 12.8. The first-order valence-electron chi connectivity index (χ1n) is 13.4. The molecule has 9 nitrogen and oxygen atoms in total. The quantitative estimate of drug-likeness (QED) is 0.140. The van der Waals surface area contributed by atoms with Gasteiger partial charge in [0.1, 0.15) is 11.5 Å². The maximum Gasteiger partial charge on any atom is 0.333 e. The van der Waals surface area contributed by atoms with E-state index in [0.29, 0.717) is 45.7 Å². The average molecular weight is 589 g/mol. The Morgan fingerprint density at radius 1 is 0.857 bits per heavy atom. The second-order valence-electron chi connectivity index (χ2n) is 9.86. The summed E-state index contributed by atoms with van der Waals surface area (Å²) in [4.78, 5) is 32.4. The minimum absolute atomic E-state index is 0.0819. The van der Waals surface area contributed by atoms with Gasteiger partial charge < -0.3 is 29.9 Å². The molecule has 42 heavy (non-hydrogen) atoms. The number of carbonyl (C=O) groups excluding carboxylic acids is 1. The van der Waals surface area contributed by atoms with Gasteiger partial charge in [-0.3, -0.25) is 4.79 Å². The fourth-order valence-electron chi connectivity index (χ4n) is 4.68. The maximum atomic E-state index is 12.8. The summed E-state index contributed by atoms with van der Waals surface area (Å²) in [6.07, 6.45) is 2.85. The smallest absolute Gasteiger partial charge is 0.333 e. The standard InChI is InChI=1S/C32H29ClN2O7/c33-23-10-13-25-26(19-23)34-32(40)30(31(25)39)22-6-4-5-21(18-22)17-20-8-11-24(12-9-20)41-16-3-1-2-7-29(38)42-35-27(36)14-15-28(35)37/h4-6,8-15,18-19,36-37H,1-3,7,16-17H2,(H2,34,39,40). The number of rotatable bonds is 11. The molecule has 0 amide bonds. The first kappa shape index (κ1) is 28.6. The molecule has 0 fully saturated rings. The highest BCUT2D eigenvalue weighted by atomic mass is 35.5. The van der Waals surface area contributed by atoms with Crippen molar-refractivity contribution in [2.75, 3.05) is 6.61 Å². The molecular weight excluding hydrogens is 560 g/mol. The van der Waals surface area contributed by atoms with Crippen molar-refractivity contribution >= 4 is 28.5 Å². The van der Waals surface area contributed by atoms with Crippen LogP contribution < -0.4 is 15.1 Å². The van der Waals surface area contributed by atoms with Crippen molar-refractivity contribution in [2.24, 2.45) is 0 Å². The molecule has 0 bridgehead atoms. The Hall–Kier alpha value is -4.89. The van der Waals surface area contributed by atoms with Crippen LogP contribution in [0.3, 0.4) is 0 Å². The SMILES string of the molecule is O=C(CCCCCOc1ccc(Cc2cccc(-c3c(O)c4ccc(Cl)cc4[nH]c3=O)c2)cc1)On1c(O)ccc1O. The Labute approximate surface area is 246 Å². The van der Waals surface area contributed by atoms with Crippen molar-refractivity contribution in [2.45, 2.75) is 32.1 Å². The van der Waals surface area contributed by atoms with E-state index in [1.165, 1.54) is 12.1 Å². The number of unbranched alkanes of at least 4 members (excludes halogenated alkanes) is 2. The Kier molecular flexibility index (Phi) is 8.68. The Balaban J connectivity index is 1.11. The zero-order valence-electron chi connectivity index (χ0n) is 22.5. The molecule has 10 heteroatoms. The molecule has 0 saturated heterocycles. The van der Waals surface area contributed by atoms with Crippen molar-refractivity contribution in [1.82, 2.24) is 9.71 Å². The van der Waals surface area contributed by atoms with Gasteiger partial charge in [-0.15, -0.1) is 4.73 Å². The number of pyridine rings is 1. The van der Waals surface area contributed by atoms with E-state index in [-0.39, 0.29) is 29.5 Å². The molecule has 5 aromatic rings. The van der Waals surface area contributed by atoms with Gasteiger partial charge in [0.25, 0.3) is 5.56 Å². The van der Waals surface area contributed by atoms with Crippen LogP contribution in [0.25, 0.3) is 22.0 Å². The summed E-state index contributed by atoms with van der Waals surface area (Å²) >= 11 is 6.03. The molecule has 0 aliphatic rings. The minimum Gasteiger partial charge on any atom is -0.506 e. The number of halogens is 1. The van der Waals surface area contributed by atoms with Gasteiger partial charge in [-0.25, -0.2) is 4.79 Å². The minimum atomic E-state index is -0.551. The van der Waals surface area contributed by atoms with Crippen LogP contribution in [0.1, 0.15) is 36.8 Å². The van der Waals surface area contributed by atoms with Gasteiger partial charge in [-0.2, -0.15) is 0 Å². The van der Waals surface area contributed by atoms with Crippen LogP contribution in [-0.4, -0.2) is 37.6 Å². The molecule has 0 aliphatic heterocycles. The monoisotopic (exact) mass is 588 g/mol. The second-order valence-corrected chi connectivity index (χ2v) is 10.3. The third kappa shape index (κ3) is 6.70. The van der Waals surface area contributed by atoms with Gasteiger partial charge in [0.2, 0.25) is 11.8 Å². The van der Waals surface area contributed by atoms with Crippen LogP contribution in [0.5, 0.6) is 23.3 Å². The molecule has 0 radical (unpaired) electrons. The lowest BCUT2D eigenvalue weighted by atomic mass is 9.98. The lowest BCUT2D eigenvalue weighted by Gasteiger charge is -2.10. The van der Waals surface area contributed by atoms with E-state index in [2.05, 4.69) is 4.98 Å². The van der Waals surface area contributed by atoms with Crippen LogP contribution in [-0.2, 0) is 11.2 Å². The third-order valence-electron chi connectivity index (χ3n) is 6.78. The van der Waals surface area contributed by atoms with Crippen molar-refractivity contribution < 1.29 is 29.7 Å². The first-order valence-corrected chi connectivity index (χ1v) is 13.8. The Morgan fingerprint density at radius 2 is 1.62 bits per heavy atom. The summed E-state index contributed by atoms with van der Waals surface area (Å²) < 4.78 is 6.50. The Bertz CT molecular complexity index is 1760. The molecule has 3 aromatic carbocycles. The number of aromatic nitrogens is 2. The molecule has 0 atom stereocenters. The number of benzene rings is 3. The molecule has 2 heterocycles. The van der Waals surface area contributed by atoms with E-state index in [1.54, 1.807) is 24.3 Å². The number of H-pyrrole nitrogens is 1. The zero-order chi connectivity index (χ0) is 29.6. The van der Waals surface area contributed by atoms with Crippen LogP contribution in [0.2, 0.25) is 5.02 Å². The van der Waals surface area contributed by atoms with Gasteiger partial charge in [-0.05, 0) is 72.7 Å². The molecule has 0 aliphatic carbocycles. The Morgan fingerprint density at radius 3 is 2.38 bits per heavy atom. The molecule has 0 unspecified atom stereocenters. The normalized spacial score (nSPS) is 11.1. The second kappa shape index (κ2) is 12.7. The highest BCUT2D eigenvalue weighted by Gasteiger charge is 2.15. The van der Waals surface area contributed by atoms with Crippen molar-refractivity contribution in [3.8, 4) is 34.4 Å². The lowest BCUT2D eigenvalue weighted by Crippen LogP contribution is -2.18. The molecule has 4 N–H and O–H groups in total. The number of carbonyl (C=O) groups is 1. The van der Waals surface area contributed by atoms with Crippen molar-refractivity contribution in [1.29, 1.82) is 0 Å². The number of nitrogens with one attached hydrogen (secondary N) is 1. The predicted molar refractivity (Wildman–Crippen MR) is 159 cm³/mol. The van der Waals surface area contributed by atoms with E-state index in [0.717, 1.165) is 29.7 Å². The van der Waals surface area contributed by atoms with E-state index in [4.69, 9.17) is 21.2 Å². The van der Waals surface area contributed by atoms with Gasteiger partial charge in [0.15, 0.2) is 0 Å². The van der Waals surface area contributed by atoms with E-state index in [9.17, 15) is 24.9 Å². The molecule has 216 valence electrons. The fraction of sp³-hybridized carbons (Fsp3) is 0.188. The number of nitrogens with zero attached hydrogens (tertiary/aromatic N) is 1. The fourth-order valence-corrected chi connectivity index (χ4v) is 4.85. The lowest BCUT2D eigenvalue weighted by molar-refractivity contribution is -0.145. The first-order chi connectivity index (χ1) is 20.3. The summed E-state index contributed by atoms with van der Waals surface area (Å²) in [5.74, 6) is -0.596. The number of hydrogen-bond donors (Lipinski definition) is 4. The summed E-state index contributed by atoms with van der Waals surface area (Å²) in [6.45, 7) is 0.492. The summed E-state index contributed by atoms with van der Waals surface area (Å²) in [5.41, 5.74) is 2.97. The molecule has 5 rings (SSSR count). The number of fused-ring (bicyclic) bond motifs is 1. The zero-order valence-corrected chi connectivity index (χ0v) is 23.3. The van der Waals surface area contributed by atoms with E-state index < -0.39 is 11.5 Å². The van der Waals surface area contributed by atoms with Crippen molar-refractivity contribution in [3.63, 3.8) is 0 Å². The topological polar surface area (TPSA) is 134 Å². The van der Waals surface area contributed by atoms with Crippen LogP contribution >= 0.6 is 11.6 Å². The van der Waals surface area contributed by atoms with Crippen LogP contribution in [0.15, 0.2) is 83.7 Å². The molecular formula is C32H29ClN2O7. The van der Waals surface area contributed by atoms with Gasteiger partial charge in [0, 0.05) is 29.0 Å². The highest BCUT2D eigenvalue weighted by Crippen LogP contribution is 2.33. The largest absolute Gasteiger partial charge is 0.506 e. The number of aromatic amines is 1. The summed E-state index contributed by atoms with van der Waals surface area (Å²) in [6, 6.07) is 22.7. The summed E-state index contributed by atoms with van der Waals surface area (Å²) in [5, 5.41) is 30.9. The number of ether oxygens (including phenoxy) is 1. The van der Waals surface area contributed by atoms with E-state index >= 15 is 0 Å². The van der Waals surface area contributed by atoms with Crippen LogP contribution in [0, 0.1) is 0 Å². The van der Waals surface area contributed by atoms with Gasteiger partial charge in [-0.1, -0.05) is 48.0 Å².